The van der Waals surface area contributed by atoms with Crippen molar-refractivity contribution in [1.82, 2.24) is 0 Å². The minimum Gasteiger partial charge on any atom is -0.508 e. The van der Waals surface area contributed by atoms with Gasteiger partial charge in [-0.1, -0.05) is 40.2 Å². The van der Waals surface area contributed by atoms with Crippen molar-refractivity contribution in [3.05, 3.63) is 29.3 Å². The molecule has 2 nitrogen and oxygen atoms in total. The molecule has 2 N–H and O–H groups in total. The SMILES string of the molecule is CCCC(C)(C)C[C@@H]1Cc2cc(O)ccc2[C@H]2CC[C@]3(C)[C@@H](O)CC[C@H]3[C@H]12. The lowest BCUT2D eigenvalue weighted by molar-refractivity contribution is -0.0444. The molecule has 1 aromatic carbocycles. The van der Waals surface area contributed by atoms with Gasteiger partial charge in [-0.2, -0.15) is 0 Å². The molecule has 4 rings (SSSR count). The van der Waals surface area contributed by atoms with E-state index in [1.165, 1.54) is 43.2 Å². The molecule has 0 heterocycles. The average Bonchev–Trinajstić information content (AvgIpc) is 2.89. The Morgan fingerprint density at radius 2 is 1.96 bits per heavy atom. The van der Waals surface area contributed by atoms with E-state index in [0.717, 1.165) is 19.3 Å². The summed E-state index contributed by atoms with van der Waals surface area (Å²) in [6, 6.07) is 6.11. The van der Waals surface area contributed by atoms with Crippen LogP contribution in [0.4, 0.5) is 0 Å². The van der Waals surface area contributed by atoms with Crippen LogP contribution in [0.2, 0.25) is 0 Å². The number of hydrogen-bond acceptors (Lipinski definition) is 2. The van der Waals surface area contributed by atoms with Crippen LogP contribution in [0.1, 0.15) is 89.7 Å². The van der Waals surface area contributed by atoms with E-state index < -0.39 is 0 Å². The van der Waals surface area contributed by atoms with Crippen molar-refractivity contribution >= 4 is 0 Å². The summed E-state index contributed by atoms with van der Waals surface area (Å²) in [4.78, 5) is 0. The van der Waals surface area contributed by atoms with Crippen molar-refractivity contribution in [3.8, 4) is 5.75 Å². The van der Waals surface area contributed by atoms with Crippen molar-refractivity contribution in [2.75, 3.05) is 0 Å². The topological polar surface area (TPSA) is 40.5 Å². The number of benzene rings is 1. The van der Waals surface area contributed by atoms with Gasteiger partial charge in [0.1, 0.15) is 5.75 Å². The van der Waals surface area contributed by atoms with Crippen molar-refractivity contribution in [3.63, 3.8) is 0 Å². The van der Waals surface area contributed by atoms with Gasteiger partial charge in [0.05, 0.1) is 6.10 Å². The fourth-order valence-electron chi connectivity index (χ4n) is 7.43. The van der Waals surface area contributed by atoms with Crippen molar-refractivity contribution in [1.29, 1.82) is 0 Å². The molecule has 2 heteroatoms. The Bertz CT molecular complexity index is 694. The molecule has 0 aliphatic heterocycles. The predicted octanol–water partition coefficient (Wildman–Crippen LogP) is 6.05. The number of fused-ring (bicyclic) bond motifs is 5. The van der Waals surface area contributed by atoms with Crippen LogP contribution < -0.4 is 0 Å². The van der Waals surface area contributed by atoms with Crippen LogP contribution in [0.15, 0.2) is 18.2 Å². The second-order valence-corrected chi connectivity index (χ2v) is 10.9. The van der Waals surface area contributed by atoms with Crippen LogP contribution in [0.5, 0.6) is 5.75 Å². The van der Waals surface area contributed by atoms with E-state index in [9.17, 15) is 10.2 Å². The van der Waals surface area contributed by atoms with E-state index in [1.807, 2.05) is 12.1 Å². The van der Waals surface area contributed by atoms with Gasteiger partial charge in [-0.25, -0.2) is 0 Å². The summed E-state index contributed by atoms with van der Waals surface area (Å²) >= 11 is 0. The molecule has 0 radical (unpaired) electrons. The minimum atomic E-state index is -0.117. The fourth-order valence-corrected chi connectivity index (χ4v) is 7.43. The quantitative estimate of drug-likeness (QED) is 0.677. The molecule has 0 unspecified atom stereocenters. The Morgan fingerprint density at radius 3 is 2.70 bits per heavy atom. The van der Waals surface area contributed by atoms with Gasteiger partial charge in [-0.15, -0.1) is 0 Å². The summed E-state index contributed by atoms with van der Waals surface area (Å²) in [5.74, 6) is 3.03. The molecule has 150 valence electrons. The van der Waals surface area contributed by atoms with Gasteiger partial charge in [0.15, 0.2) is 0 Å². The Hall–Kier alpha value is -1.02. The summed E-state index contributed by atoms with van der Waals surface area (Å²) in [6.45, 7) is 9.54. The largest absolute Gasteiger partial charge is 0.508 e. The molecule has 0 bridgehead atoms. The Kier molecular flexibility index (Phi) is 4.86. The molecule has 3 aliphatic rings. The lowest BCUT2D eigenvalue weighted by Gasteiger charge is -2.54. The highest BCUT2D eigenvalue weighted by atomic mass is 16.3. The lowest BCUT2D eigenvalue weighted by Crippen LogP contribution is -2.47. The third-order valence-corrected chi connectivity index (χ3v) is 8.58. The third-order valence-electron chi connectivity index (χ3n) is 8.58. The first-order valence-corrected chi connectivity index (χ1v) is 11.2. The van der Waals surface area contributed by atoms with Crippen molar-refractivity contribution < 1.29 is 10.2 Å². The van der Waals surface area contributed by atoms with Crippen LogP contribution in [-0.2, 0) is 6.42 Å². The molecule has 2 fully saturated rings. The molecular weight excluding hydrogens is 332 g/mol. The Balaban J connectivity index is 1.73. The van der Waals surface area contributed by atoms with Gasteiger partial charge < -0.3 is 10.2 Å². The summed E-state index contributed by atoms with van der Waals surface area (Å²) in [5.41, 5.74) is 3.35. The maximum absolute atomic E-state index is 10.8. The Labute approximate surface area is 165 Å². The molecule has 1 aromatic rings. The van der Waals surface area contributed by atoms with Gasteiger partial charge in [-0.05, 0) is 103 Å². The lowest BCUT2D eigenvalue weighted by atomic mass is 9.51. The summed E-state index contributed by atoms with van der Waals surface area (Å²) < 4.78 is 0. The molecule has 3 aliphatic carbocycles. The monoisotopic (exact) mass is 370 g/mol. The molecule has 0 saturated heterocycles. The summed E-state index contributed by atoms with van der Waals surface area (Å²) in [5, 5.41) is 20.9. The van der Waals surface area contributed by atoms with E-state index >= 15 is 0 Å². The van der Waals surface area contributed by atoms with Gasteiger partial charge in [0.2, 0.25) is 0 Å². The molecule has 0 spiro atoms. The minimum absolute atomic E-state index is 0.114. The van der Waals surface area contributed by atoms with Gasteiger partial charge in [0.25, 0.3) is 0 Å². The highest BCUT2D eigenvalue weighted by Gasteiger charge is 2.56. The number of hydrogen-bond donors (Lipinski definition) is 2. The highest BCUT2D eigenvalue weighted by Crippen LogP contribution is 2.63. The van der Waals surface area contributed by atoms with E-state index in [0.29, 0.717) is 34.8 Å². The van der Waals surface area contributed by atoms with Crippen LogP contribution in [-0.4, -0.2) is 16.3 Å². The number of phenols is 1. The van der Waals surface area contributed by atoms with E-state index in [1.54, 1.807) is 0 Å². The maximum Gasteiger partial charge on any atom is 0.115 e. The van der Waals surface area contributed by atoms with E-state index in [4.69, 9.17) is 0 Å². The van der Waals surface area contributed by atoms with Crippen LogP contribution in [0.25, 0.3) is 0 Å². The molecule has 27 heavy (non-hydrogen) atoms. The fraction of sp³-hybridized carbons (Fsp3) is 0.760. The molecule has 6 atom stereocenters. The molecule has 0 amide bonds. The van der Waals surface area contributed by atoms with Crippen molar-refractivity contribution in [2.24, 2.45) is 28.6 Å². The third kappa shape index (κ3) is 3.22. The molecule has 2 saturated carbocycles. The number of aromatic hydroxyl groups is 1. The van der Waals surface area contributed by atoms with Crippen LogP contribution in [0, 0.1) is 28.6 Å². The van der Waals surface area contributed by atoms with Crippen molar-refractivity contribution in [2.45, 2.75) is 91.1 Å². The smallest absolute Gasteiger partial charge is 0.115 e. The zero-order valence-electron chi connectivity index (χ0n) is 17.7. The first-order chi connectivity index (χ1) is 12.7. The van der Waals surface area contributed by atoms with E-state index in [-0.39, 0.29) is 11.5 Å². The maximum atomic E-state index is 10.8. The Morgan fingerprint density at radius 1 is 1.19 bits per heavy atom. The predicted molar refractivity (Wildman–Crippen MR) is 111 cm³/mol. The van der Waals surface area contributed by atoms with Gasteiger partial charge in [-0.3, -0.25) is 0 Å². The number of rotatable bonds is 4. The number of aliphatic hydroxyl groups excluding tert-OH is 1. The normalized spacial score (nSPS) is 38.2. The first kappa shape index (κ1) is 19.3. The second kappa shape index (κ2) is 6.79. The molecule has 0 aromatic heterocycles. The number of aliphatic hydroxyl groups is 1. The van der Waals surface area contributed by atoms with Gasteiger partial charge >= 0.3 is 0 Å². The van der Waals surface area contributed by atoms with E-state index in [2.05, 4.69) is 33.8 Å². The number of phenolic OH excluding ortho intramolecular Hbond substituents is 1. The average molecular weight is 371 g/mol. The highest BCUT2D eigenvalue weighted by molar-refractivity contribution is 5.40. The second-order valence-electron chi connectivity index (χ2n) is 10.9. The standard InChI is InChI=1S/C25H38O2/c1-5-11-24(2,3)15-17-13-16-14-18(26)6-7-19(16)20-10-12-25(4)21(23(17)20)8-9-22(25)27/h6-7,14,17,20-23,26-27H,5,8-13,15H2,1-4H3/t17-,20+,21-,22-,23+,25-/m0/s1. The van der Waals surface area contributed by atoms with Crippen LogP contribution in [0.3, 0.4) is 0 Å². The van der Waals surface area contributed by atoms with Gasteiger partial charge in [0, 0.05) is 0 Å². The first-order valence-electron chi connectivity index (χ1n) is 11.2. The zero-order valence-corrected chi connectivity index (χ0v) is 17.7. The molecular formula is C25H38O2. The zero-order chi connectivity index (χ0) is 19.4. The summed E-state index contributed by atoms with van der Waals surface area (Å²) in [7, 11) is 0. The van der Waals surface area contributed by atoms with Crippen LogP contribution >= 0.6 is 0 Å². The summed E-state index contributed by atoms with van der Waals surface area (Å²) in [6.07, 6.45) is 9.27.